The van der Waals surface area contributed by atoms with E-state index in [-0.39, 0.29) is 30.3 Å². The van der Waals surface area contributed by atoms with E-state index in [0.717, 1.165) is 42.7 Å². The Morgan fingerprint density at radius 1 is 1.47 bits per heavy atom. The van der Waals surface area contributed by atoms with Crippen molar-refractivity contribution in [2.75, 3.05) is 6.54 Å². The molecule has 1 fully saturated rings. The van der Waals surface area contributed by atoms with Gasteiger partial charge in [-0.05, 0) is 39.5 Å². The molecular weight excluding hydrogens is 266 g/mol. The van der Waals surface area contributed by atoms with Crippen LogP contribution in [0.15, 0.2) is 4.52 Å². The Morgan fingerprint density at radius 2 is 2.21 bits per heavy atom. The maximum absolute atomic E-state index is 11.9. The maximum atomic E-state index is 11.9. The second-order valence-electron chi connectivity index (χ2n) is 5.11. The number of hydrogen-bond donors (Lipinski definition) is 2. The number of amides is 1. The Labute approximate surface area is 119 Å². The van der Waals surface area contributed by atoms with Gasteiger partial charge in [-0.2, -0.15) is 0 Å². The van der Waals surface area contributed by atoms with Gasteiger partial charge >= 0.3 is 0 Å². The van der Waals surface area contributed by atoms with Crippen LogP contribution in [0.4, 0.5) is 0 Å². The van der Waals surface area contributed by atoms with Crippen LogP contribution in [0, 0.1) is 19.8 Å². The van der Waals surface area contributed by atoms with Crippen LogP contribution in [0.2, 0.25) is 0 Å². The summed E-state index contributed by atoms with van der Waals surface area (Å²) in [4.78, 5) is 11.9. The van der Waals surface area contributed by atoms with Crippen LogP contribution in [0.3, 0.4) is 0 Å². The van der Waals surface area contributed by atoms with Crippen LogP contribution >= 0.6 is 12.4 Å². The average molecular weight is 288 g/mol. The summed E-state index contributed by atoms with van der Waals surface area (Å²) < 4.78 is 5.09. The molecule has 0 bridgehead atoms. The Bertz CT molecular complexity index is 414. The summed E-state index contributed by atoms with van der Waals surface area (Å²) in [5, 5.41) is 6.87. The molecular formula is C13H22ClN3O2. The van der Waals surface area contributed by atoms with E-state index in [0.29, 0.717) is 6.54 Å². The Morgan fingerprint density at radius 3 is 2.74 bits per heavy atom. The molecule has 0 saturated heterocycles. The lowest BCUT2D eigenvalue weighted by molar-refractivity contribution is -0.124. The van der Waals surface area contributed by atoms with E-state index < -0.39 is 0 Å². The highest BCUT2D eigenvalue weighted by Gasteiger charge is 2.27. The van der Waals surface area contributed by atoms with Crippen LogP contribution in [0.25, 0.3) is 0 Å². The van der Waals surface area contributed by atoms with E-state index in [9.17, 15) is 4.79 Å². The lowest BCUT2D eigenvalue weighted by Gasteiger charge is -2.10. The molecule has 108 valence electrons. The fourth-order valence-corrected chi connectivity index (χ4v) is 2.57. The molecule has 5 nitrogen and oxygen atoms in total. The number of aromatic nitrogens is 1. The molecule has 1 aliphatic carbocycles. The minimum atomic E-state index is 0. The normalized spacial score (nSPS) is 22.1. The number of halogens is 1. The predicted molar refractivity (Wildman–Crippen MR) is 75.3 cm³/mol. The molecule has 2 atom stereocenters. The SMILES string of the molecule is Cc1noc(C)c1CCNC(=O)C1CCC(N)C1.Cl. The van der Waals surface area contributed by atoms with Gasteiger partial charge in [0.05, 0.1) is 5.69 Å². The first-order chi connectivity index (χ1) is 8.58. The Balaban J connectivity index is 0.00000180. The van der Waals surface area contributed by atoms with Crippen molar-refractivity contribution >= 4 is 18.3 Å². The third-order valence-corrected chi connectivity index (χ3v) is 3.70. The molecule has 1 aromatic heterocycles. The van der Waals surface area contributed by atoms with Gasteiger partial charge in [-0.25, -0.2) is 0 Å². The molecule has 19 heavy (non-hydrogen) atoms. The fourth-order valence-electron chi connectivity index (χ4n) is 2.57. The second kappa shape index (κ2) is 6.91. The van der Waals surface area contributed by atoms with Gasteiger partial charge in [-0.3, -0.25) is 4.79 Å². The maximum Gasteiger partial charge on any atom is 0.223 e. The van der Waals surface area contributed by atoms with Gasteiger partial charge < -0.3 is 15.6 Å². The summed E-state index contributed by atoms with van der Waals surface area (Å²) in [6.45, 7) is 4.45. The predicted octanol–water partition coefficient (Wildman–Crippen LogP) is 1.50. The smallest absolute Gasteiger partial charge is 0.223 e. The van der Waals surface area contributed by atoms with Crippen molar-refractivity contribution in [2.45, 2.75) is 45.6 Å². The molecule has 1 heterocycles. The quantitative estimate of drug-likeness (QED) is 0.879. The van der Waals surface area contributed by atoms with Crippen LogP contribution in [0.5, 0.6) is 0 Å². The van der Waals surface area contributed by atoms with Crippen molar-refractivity contribution in [3.8, 4) is 0 Å². The highest BCUT2D eigenvalue weighted by molar-refractivity contribution is 5.85. The molecule has 1 amide bonds. The van der Waals surface area contributed by atoms with Crippen molar-refractivity contribution in [3.05, 3.63) is 17.0 Å². The van der Waals surface area contributed by atoms with E-state index >= 15 is 0 Å². The van der Waals surface area contributed by atoms with E-state index in [4.69, 9.17) is 10.3 Å². The van der Waals surface area contributed by atoms with Gasteiger partial charge in [0.1, 0.15) is 5.76 Å². The summed E-state index contributed by atoms with van der Waals surface area (Å²) in [6.07, 6.45) is 3.46. The zero-order chi connectivity index (χ0) is 13.1. The molecule has 1 saturated carbocycles. The van der Waals surface area contributed by atoms with Crippen molar-refractivity contribution in [1.82, 2.24) is 10.5 Å². The number of rotatable bonds is 4. The van der Waals surface area contributed by atoms with Crippen molar-refractivity contribution in [3.63, 3.8) is 0 Å². The van der Waals surface area contributed by atoms with Gasteiger partial charge in [-0.1, -0.05) is 5.16 Å². The third kappa shape index (κ3) is 3.94. The monoisotopic (exact) mass is 287 g/mol. The standard InChI is InChI=1S/C13H21N3O2.ClH/c1-8-12(9(2)18-16-8)5-6-15-13(17)10-3-4-11(14)7-10;/h10-11H,3-7,14H2,1-2H3,(H,15,17);1H. The number of nitrogens with one attached hydrogen (secondary N) is 1. The van der Waals surface area contributed by atoms with E-state index in [1.165, 1.54) is 0 Å². The van der Waals surface area contributed by atoms with Gasteiger partial charge in [-0.15, -0.1) is 12.4 Å². The lowest BCUT2D eigenvalue weighted by Crippen LogP contribution is -2.32. The Hall–Kier alpha value is -1.07. The number of carbonyl (C=O) groups is 1. The molecule has 0 aromatic carbocycles. The van der Waals surface area contributed by atoms with E-state index in [1.807, 2.05) is 13.8 Å². The average Bonchev–Trinajstić information content (AvgIpc) is 2.89. The molecule has 3 N–H and O–H groups in total. The summed E-state index contributed by atoms with van der Waals surface area (Å²) in [6, 6.07) is 0.198. The summed E-state index contributed by atoms with van der Waals surface area (Å²) >= 11 is 0. The molecule has 0 radical (unpaired) electrons. The first-order valence-electron chi connectivity index (χ1n) is 6.53. The molecule has 0 aliphatic heterocycles. The van der Waals surface area contributed by atoms with Crippen LogP contribution < -0.4 is 11.1 Å². The molecule has 1 aliphatic rings. The van der Waals surface area contributed by atoms with Crippen LogP contribution in [-0.4, -0.2) is 23.7 Å². The summed E-state index contributed by atoms with van der Waals surface area (Å²) in [7, 11) is 0. The van der Waals surface area contributed by atoms with Crippen LogP contribution in [0.1, 0.15) is 36.3 Å². The number of nitrogens with two attached hydrogens (primary N) is 1. The van der Waals surface area contributed by atoms with Crippen molar-refractivity contribution in [1.29, 1.82) is 0 Å². The minimum absolute atomic E-state index is 0. The first kappa shape index (κ1) is 16.0. The fraction of sp³-hybridized carbons (Fsp3) is 0.692. The van der Waals surface area contributed by atoms with Gasteiger partial charge in [0.2, 0.25) is 5.91 Å². The van der Waals surface area contributed by atoms with Gasteiger partial charge in [0, 0.05) is 24.1 Å². The number of carbonyl (C=O) groups excluding carboxylic acids is 1. The minimum Gasteiger partial charge on any atom is -0.361 e. The third-order valence-electron chi connectivity index (χ3n) is 3.70. The number of nitrogens with zero attached hydrogens (tertiary/aromatic N) is 1. The molecule has 0 spiro atoms. The molecule has 2 rings (SSSR count). The second-order valence-corrected chi connectivity index (χ2v) is 5.11. The van der Waals surface area contributed by atoms with E-state index in [1.54, 1.807) is 0 Å². The topological polar surface area (TPSA) is 81.2 Å². The molecule has 2 unspecified atom stereocenters. The highest BCUT2D eigenvalue weighted by Crippen LogP contribution is 2.24. The van der Waals surface area contributed by atoms with E-state index in [2.05, 4.69) is 10.5 Å². The highest BCUT2D eigenvalue weighted by atomic mass is 35.5. The first-order valence-corrected chi connectivity index (χ1v) is 6.53. The van der Waals surface area contributed by atoms with Crippen LogP contribution in [-0.2, 0) is 11.2 Å². The van der Waals surface area contributed by atoms with Gasteiger partial charge in [0.25, 0.3) is 0 Å². The van der Waals surface area contributed by atoms with Gasteiger partial charge in [0.15, 0.2) is 0 Å². The zero-order valence-electron chi connectivity index (χ0n) is 11.4. The van der Waals surface area contributed by atoms with Crippen molar-refractivity contribution < 1.29 is 9.32 Å². The Kier molecular flexibility index (Phi) is 5.82. The largest absolute Gasteiger partial charge is 0.361 e. The zero-order valence-corrected chi connectivity index (χ0v) is 12.3. The lowest BCUT2D eigenvalue weighted by atomic mass is 10.1. The number of hydrogen-bond acceptors (Lipinski definition) is 4. The molecule has 6 heteroatoms. The number of aryl methyl sites for hydroxylation is 2. The summed E-state index contributed by atoms with van der Waals surface area (Å²) in [5.74, 6) is 1.07. The molecule has 1 aromatic rings. The van der Waals surface area contributed by atoms with Crippen molar-refractivity contribution in [2.24, 2.45) is 11.7 Å². The summed E-state index contributed by atoms with van der Waals surface area (Å²) in [5.41, 5.74) is 7.81.